The predicted molar refractivity (Wildman–Crippen MR) is 75.1 cm³/mol. The van der Waals surface area contributed by atoms with Gasteiger partial charge >= 0.3 is 0 Å². The quantitative estimate of drug-likeness (QED) is 0.495. The van der Waals surface area contributed by atoms with Gasteiger partial charge in [0.05, 0.1) is 10.4 Å². The molecule has 19 heavy (non-hydrogen) atoms. The first-order chi connectivity index (χ1) is 8.97. The van der Waals surface area contributed by atoms with Crippen LogP contribution >= 0.6 is 34.8 Å². The summed E-state index contributed by atoms with van der Waals surface area (Å²) in [7, 11) is 0. The van der Waals surface area contributed by atoms with E-state index < -0.39 is 17.0 Å². The van der Waals surface area contributed by atoms with Crippen LogP contribution in [0.1, 0.15) is 16.5 Å². The van der Waals surface area contributed by atoms with Gasteiger partial charge in [0.1, 0.15) is 11.6 Å². The maximum absolute atomic E-state index is 13.7. The molecule has 1 atom stereocenters. The monoisotopic (exact) mass is 320 g/mol. The zero-order valence-electron chi connectivity index (χ0n) is 9.64. The highest BCUT2D eigenvalue weighted by Crippen LogP contribution is 2.30. The van der Waals surface area contributed by atoms with Crippen LogP contribution in [-0.4, -0.2) is 0 Å². The molecule has 0 aliphatic rings. The van der Waals surface area contributed by atoms with Gasteiger partial charge in [-0.3, -0.25) is 0 Å². The first-order valence-electron chi connectivity index (χ1n) is 5.50. The Morgan fingerprint density at radius 3 is 2.21 bits per heavy atom. The molecule has 0 N–H and O–H groups in total. The van der Waals surface area contributed by atoms with Gasteiger partial charge in [0.15, 0.2) is 0 Å². The molecule has 2 aromatic rings. The summed E-state index contributed by atoms with van der Waals surface area (Å²) in [5.41, 5.74) is 0.984. The van der Waals surface area contributed by atoms with Crippen LogP contribution in [0.4, 0.5) is 8.78 Å². The van der Waals surface area contributed by atoms with Gasteiger partial charge in [0.2, 0.25) is 0 Å². The number of benzene rings is 2. The summed E-state index contributed by atoms with van der Waals surface area (Å²) >= 11 is 17.4. The Bertz CT molecular complexity index is 582. The number of alkyl halides is 1. The summed E-state index contributed by atoms with van der Waals surface area (Å²) in [6, 6.07) is 9.00. The van der Waals surface area contributed by atoms with Crippen molar-refractivity contribution in [1.29, 1.82) is 0 Å². The van der Waals surface area contributed by atoms with E-state index in [2.05, 4.69) is 0 Å². The summed E-state index contributed by atoms with van der Waals surface area (Å²) in [6.07, 6.45) is 0.372. The zero-order chi connectivity index (χ0) is 14.0. The Balaban J connectivity index is 2.22. The third-order valence-corrected chi connectivity index (χ3v) is 3.64. The first-order valence-corrected chi connectivity index (χ1v) is 6.69. The van der Waals surface area contributed by atoms with Crippen LogP contribution < -0.4 is 0 Å². The standard InChI is InChI=1S/C14H9Cl3F2/c15-9-3-1-8(2-4-9)5-11(16)10-6-14(19)12(17)7-13(10)18/h1-4,6-7,11H,5H2. The maximum atomic E-state index is 13.7. The lowest BCUT2D eigenvalue weighted by atomic mass is 10.0. The highest BCUT2D eigenvalue weighted by Gasteiger charge is 2.16. The van der Waals surface area contributed by atoms with E-state index in [0.717, 1.165) is 17.7 Å². The van der Waals surface area contributed by atoms with Crippen LogP contribution in [0.5, 0.6) is 0 Å². The minimum absolute atomic E-state index is 0.0958. The number of halogens is 5. The van der Waals surface area contributed by atoms with Crippen molar-refractivity contribution in [2.45, 2.75) is 11.8 Å². The van der Waals surface area contributed by atoms with Crippen LogP contribution in [0.15, 0.2) is 36.4 Å². The van der Waals surface area contributed by atoms with Crippen molar-refractivity contribution < 1.29 is 8.78 Å². The van der Waals surface area contributed by atoms with E-state index in [1.807, 2.05) is 0 Å². The Hall–Kier alpha value is -0.830. The summed E-state index contributed by atoms with van der Waals surface area (Å²) in [6.45, 7) is 0. The molecule has 2 rings (SSSR count). The van der Waals surface area contributed by atoms with Gasteiger partial charge in [-0.15, -0.1) is 11.6 Å². The molecule has 1 unspecified atom stereocenters. The molecule has 0 aliphatic carbocycles. The second-order valence-electron chi connectivity index (χ2n) is 4.09. The van der Waals surface area contributed by atoms with E-state index in [4.69, 9.17) is 34.8 Å². The van der Waals surface area contributed by atoms with Crippen molar-refractivity contribution >= 4 is 34.8 Å². The van der Waals surface area contributed by atoms with Crippen molar-refractivity contribution in [3.05, 3.63) is 69.2 Å². The molecule has 100 valence electrons. The van der Waals surface area contributed by atoms with E-state index in [1.54, 1.807) is 24.3 Å². The van der Waals surface area contributed by atoms with E-state index in [-0.39, 0.29) is 10.6 Å². The fourth-order valence-electron chi connectivity index (χ4n) is 1.72. The molecule has 0 saturated carbocycles. The molecule has 0 saturated heterocycles. The van der Waals surface area contributed by atoms with Crippen LogP contribution in [0.2, 0.25) is 10.0 Å². The van der Waals surface area contributed by atoms with Gasteiger partial charge in [0, 0.05) is 10.6 Å². The summed E-state index contributed by atoms with van der Waals surface area (Å²) in [5, 5.41) is -0.317. The smallest absolute Gasteiger partial charge is 0.142 e. The number of hydrogen-bond acceptors (Lipinski definition) is 0. The average Bonchev–Trinajstić information content (AvgIpc) is 2.36. The van der Waals surface area contributed by atoms with Gasteiger partial charge in [-0.2, -0.15) is 0 Å². The zero-order valence-corrected chi connectivity index (χ0v) is 11.9. The molecular formula is C14H9Cl3F2. The van der Waals surface area contributed by atoms with Gasteiger partial charge in [-0.05, 0) is 36.2 Å². The maximum Gasteiger partial charge on any atom is 0.142 e. The van der Waals surface area contributed by atoms with E-state index in [9.17, 15) is 8.78 Å². The first kappa shape index (κ1) is 14.6. The summed E-state index contributed by atoms with van der Waals surface area (Å²) < 4.78 is 27.0. The predicted octanol–water partition coefficient (Wildman–Crippen LogP) is 5.79. The summed E-state index contributed by atoms with van der Waals surface area (Å²) in [5.74, 6) is -1.29. The highest BCUT2D eigenvalue weighted by atomic mass is 35.5. The van der Waals surface area contributed by atoms with Crippen molar-refractivity contribution in [3.8, 4) is 0 Å². The molecule has 0 nitrogen and oxygen atoms in total. The molecule has 0 fully saturated rings. The van der Waals surface area contributed by atoms with E-state index in [1.165, 1.54) is 0 Å². The molecule has 0 heterocycles. The van der Waals surface area contributed by atoms with Gasteiger partial charge < -0.3 is 0 Å². The Morgan fingerprint density at radius 2 is 1.58 bits per heavy atom. The van der Waals surface area contributed by atoms with E-state index >= 15 is 0 Å². The molecule has 0 bridgehead atoms. The largest absolute Gasteiger partial charge is 0.207 e. The van der Waals surface area contributed by atoms with Crippen LogP contribution in [-0.2, 0) is 6.42 Å². The Kier molecular flexibility index (Phi) is 4.67. The van der Waals surface area contributed by atoms with Gasteiger partial charge in [-0.1, -0.05) is 35.3 Å². The normalized spacial score (nSPS) is 12.5. The minimum atomic E-state index is -0.681. The minimum Gasteiger partial charge on any atom is -0.207 e. The Morgan fingerprint density at radius 1 is 0.947 bits per heavy atom. The highest BCUT2D eigenvalue weighted by molar-refractivity contribution is 6.31. The molecule has 0 amide bonds. The van der Waals surface area contributed by atoms with Crippen molar-refractivity contribution in [2.75, 3.05) is 0 Å². The molecule has 5 heteroatoms. The molecule has 0 spiro atoms. The van der Waals surface area contributed by atoms with Crippen LogP contribution in [0.25, 0.3) is 0 Å². The molecule has 0 radical (unpaired) electrons. The molecule has 2 aromatic carbocycles. The fraction of sp³-hybridized carbons (Fsp3) is 0.143. The molecular weight excluding hydrogens is 313 g/mol. The van der Waals surface area contributed by atoms with Crippen molar-refractivity contribution in [1.82, 2.24) is 0 Å². The lowest BCUT2D eigenvalue weighted by Gasteiger charge is -2.12. The number of hydrogen-bond donors (Lipinski definition) is 0. The van der Waals surface area contributed by atoms with Gasteiger partial charge in [0.25, 0.3) is 0 Å². The third kappa shape index (κ3) is 3.59. The third-order valence-electron chi connectivity index (χ3n) is 2.71. The van der Waals surface area contributed by atoms with Crippen molar-refractivity contribution in [3.63, 3.8) is 0 Å². The topological polar surface area (TPSA) is 0 Å². The molecule has 0 aliphatic heterocycles. The van der Waals surface area contributed by atoms with Crippen LogP contribution in [0, 0.1) is 11.6 Å². The fourth-order valence-corrected chi connectivity index (χ4v) is 2.34. The SMILES string of the molecule is Fc1cc(C(Cl)Cc2ccc(Cl)cc2)c(F)cc1Cl. The number of rotatable bonds is 3. The van der Waals surface area contributed by atoms with E-state index in [0.29, 0.717) is 11.4 Å². The lowest BCUT2D eigenvalue weighted by molar-refractivity contribution is 0.582. The lowest BCUT2D eigenvalue weighted by Crippen LogP contribution is -2.00. The molecule has 0 aromatic heterocycles. The summed E-state index contributed by atoms with van der Waals surface area (Å²) in [4.78, 5) is 0. The average molecular weight is 322 g/mol. The van der Waals surface area contributed by atoms with Gasteiger partial charge in [-0.25, -0.2) is 8.78 Å². The second kappa shape index (κ2) is 6.08. The van der Waals surface area contributed by atoms with Crippen LogP contribution in [0.3, 0.4) is 0 Å². The van der Waals surface area contributed by atoms with Crippen molar-refractivity contribution in [2.24, 2.45) is 0 Å². The Labute approximate surface area is 124 Å². The second-order valence-corrected chi connectivity index (χ2v) is 5.46.